The van der Waals surface area contributed by atoms with E-state index in [0.717, 1.165) is 52.1 Å². The highest BCUT2D eigenvalue weighted by Crippen LogP contribution is 2.72. The van der Waals surface area contributed by atoms with Crippen LogP contribution in [0.4, 0.5) is 0 Å². The monoisotopic (exact) mass is 1620 g/mol. The van der Waals surface area contributed by atoms with Crippen LogP contribution in [0.3, 0.4) is 0 Å². The summed E-state index contributed by atoms with van der Waals surface area (Å²) in [6.07, 6.45) is 92.9. The fourth-order valence-electron chi connectivity index (χ4n) is 14.4. The Bertz CT molecular complexity index is 1660. The lowest BCUT2D eigenvalue weighted by Crippen LogP contribution is -2.13. The van der Waals surface area contributed by atoms with Crippen LogP contribution in [0, 0.1) is 0 Å². The molecular formula is C92H188N3O12P3. The molecule has 0 spiro atoms. The summed E-state index contributed by atoms with van der Waals surface area (Å²) < 4.78 is 89.1. The average molecular weight is 1620 g/mol. The first-order valence-electron chi connectivity index (χ1n) is 48.5. The van der Waals surface area contributed by atoms with Crippen molar-refractivity contribution in [2.75, 3.05) is 132 Å². The first kappa shape index (κ1) is 108. The van der Waals surface area contributed by atoms with Gasteiger partial charge in [-0.05, 0) is 25.7 Å². The Balaban J connectivity index is 2.71. The number of ether oxygens (including phenoxy) is 8. The zero-order valence-electron chi connectivity index (χ0n) is 73.8. The summed E-state index contributed by atoms with van der Waals surface area (Å²) >= 11 is 0. The highest BCUT2D eigenvalue weighted by molar-refractivity contribution is 7.72. The minimum absolute atomic E-state index is 0.217. The quantitative estimate of drug-likeness (QED) is 0.0422. The van der Waals surface area contributed by atoms with Gasteiger partial charge in [0.15, 0.2) is 8.52 Å². The molecule has 0 fully saturated rings. The maximum absolute atomic E-state index is 6.55. The number of hydrogen-bond acceptors (Lipinski definition) is 15. The van der Waals surface area contributed by atoms with Crippen LogP contribution in [-0.4, -0.2) is 132 Å². The summed E-state index contributed by atoms with van der Waals surface area (Å²) in [4.78, 5) is 0. The van der Waals surface area contributed by atoms with Crippen molar-refractivity contribution in [2.45, 2.75) is 464 Å². The van der Waals surface area contributed by atoms with Crippen LogP contribution in [0.5, 0.6) is 0 Å². The van der Waals surface area contributed by atoms with Crippen molar-refractivity contribution in [3.8, 4) is 0 Å². The normalized spacial score (nSPS) is 13.5. The molecule has 0 saturated heterocycles. The molecule has 0 aromatic rings. The second-order valence-electron chi connectivity index (χ2n) is 32.2. The lowest BCUT2D eigenvalue weighted by atomic mass is 10.0. The lowest BCUT2D eigenvalue weighted by Gasteiger charge is -2.27. The van der Waals surface area contributed by atoms with Crippen LogP contribution < -0.4 is 0 Å². The fraction of sp³-hybridized carbons (Fsp3) is 1.00. The largest absolute Gasteiger partial charge is 0.379 e. The van der Waals surface area contributed by atoms with E-state index in [4.69, 9.17) is 69.5 Å². The predicted molar refractivity (Wildman–Crippen MR) is 475 cm³/mol. The van der Waals surface area contributed by atoms with Crippen LogP contribution >= 0.6 is 23.8 Å². The van der Waals surface area contributed by atoms with Crippen molar-refractivity contribution in [2.24, 2.45) is 13.5 Å². The van der Waals surface area contributed by atoms with Gasteiger partial charge in [-0.25, -0.2) is 0 Å². The van der Waals surface area contributed by atoms with E-state index in [-0.39, 0.29) is 26.4 Å². The molecule has 0 N–H and O–H groups in total. The number of hydrogen-bond donors (Lipinski definition) is 0. The smallest absolute Gasteiger partial charge is 0.350 e. The maximum atomic E-state index is 6.55. The Hall–Kier alpha value is 0.0800. The van der Waals surface area contributed by atoms with Crippen molar-refractivity contribution >= 4 is 23.8 Å². The van der Waals surface area contributed by atoms with Gasteiger partial charge in [-0.2, -0.15) is 9.03 Å². The molecule has 0 atom stereocenters. The number of rotatable bonds is 100. The van der Waals surface area contributed by atoms with E-state index < -0.39 is 15.3 Å². The summed E-state index contributed by atoms with van der Waals surface area (Å²) in [5, 5.41) is 0. The molecule has 1 aliphatic rings. The Labute approximate surface area is 686 Å². The van der Waals surface area contributed by atoms with Crippen molar-refractivity contribution in [3.63, 3.8) is 0 Å². The minimum Gasteiger partial charge on any atom is -0.379 e. The van der Waals surface area contributed by atoms with Crippen molar-refractivity contribution in [1.82, 2.24) is 0 Å². The number of nitrogens with zero attached hydrogens (tertiary/aromatic N) is 3. The first-order chi connectivity index (χ1) is 54.7. The van der Waals surface area contributed by atoms with Gasteiger partial charge in [-0.1, -0.05) is 439 Å². The van der Waals surface area contributed by atoms with Gasteiger partial charge < -0.3 is 56.0 Å². The molecule has 658 valence electrons. The molecule has 0 aliphatic carbocycles. The molecule has 0 aromatic heterocycles. The van der Waals surface area contributed by atoms with Gasteiger partial charge in [0.1, 0.15) is 0 Å². The SMILES string of the molecule is CCCCCCCCCCCCCCCCCCCOCCOCCOP1(OCCOCCOCCCCCCCCCCCCCCCCCCC)=NP=NP(OCCOCCOCCCCCCCCCCCCCCCCCCC)(OCCOCCOCCCCCCCCCCCCCCCCCCC)=N1. The molecule has 15 nitrogen and oxygen atoms in total. The molecule has 1 heterocycles. The van der Waals surface area contributed by atoms with Crippen LogP contribution in [0.15, 0.2) is 13.5 Å². The van der Waals surface area contributed by atoms with E-state index in [2.05, 4.69) is 27.7 Å². The zero-order valence-corrected chi connectivity index (χ0v) is 76.5. The highest BCUT2D eigenvalue weighted by atomic mass is 31.3. The third-order valence-electron chi connectivity index (χ3n) is 21.5. The zero-order chi connectivity index (χ0) is 78.5. The van der Waals surface area contributed by atoms with E-state index >= 15 is 0 Å². The minimum atomic E-state index is -3.31. The molecule has 0 radical (unpaired) electrons. The Kier molecular flexibility index (Phi) is 92.9. The summed E-state index contributed by atoms with van der Waals surface area (Å²) in [5.41, 5.74) is 0. The van der Waals surface area contributed by atoms with E-state index in [1.54, 1.807) is 0 Å². The summed E-state index contributed by atoms with van der Waals surface area (Å²) in [6.45, 7) is 18.5. The Morgan fingerprint density at radius 1 is 0.155 bits per heavy atom. The first-order valence-corrected chi connectivity index (χ1v) is 52.4. The molecule has 0 amide bonds. The van der Waals surface area contributed by atoms with Gasteiger partial charge in [0.05, 0.1) is 106 Å². The molecule has 0 unspecified atom stereocenters. The molecule has 18 heteroatoms. The topological polar surface area (TPSA) is 148 Å². The third kappa shape index (κ3) is 83.2. The molecule has 0 aromatic carbocycles. The molecule has 1 rings (SSSR count). The second kappa shape index (κ2) is 94.6. The van der Waals surface area contributed by atoms with Gasteiger partial charge in [-0.15, -0.1) is 4.52 Å². The highest BCUT2D eigenvalue weighted by Gasteiger charge is 2.34. The van der Waals surface area contributed by atoms with Crippen LogP contribution in [0.2, 0.25) is 0 Å². The summed E-state index contributed by atoms with van der Waals surface area (Å²) in [5.74, 6) is 0. The van der Waals surface area contributed by atoms with E-state index in [9.17, 15) is 0 Å². The Morgan fingerprint density at radius 3 is 0.464 bits per heavy atom. The lowest BCUT2D eigenvalue weighted by molar-refractivity contribution is 0.0269. The standard InChI is InChI=1S/C92H188N3O12P3/c1-5-9-13-17-21-25-29-33-37-41-45-49-53-57-61-65-69-73-96-77-81-100-85-89-104-109(105-90-86-101-82-78-97-74-70-66-62-58-54-50-46-42-38-34-30-26-22-18-14-10-6-2)93-108-94-110(95-109,106-91-87-102-83-79-98-75-71-67-63-59-55-51-47-43-39-35-31-27-23-19-15-11-7-3)107-92-88-103-84-80-99-76-72-68-64-60-56-52-48-44-40-36-32-28-24-20-16-12-8-4/h5-92H2,1-4H3. The summed E-state index contributed by atoms with van der Waals surface area (Å²) in [6, 6.07) is 0. The van der Waals surface area contributed by atoms with Crippen LogP contribution in [-0.2, 0) is 56.0 Å². The molecule has 0 bridgehead atoms. The van der Waals surface area contributed by atoms with Crippen molar-refractivity contribution in [3.05, 3.63) is 0 Å². The van der Waals surface area contributed by atoms with Gasteiger partial charge >= 0.3 is 15.3 Å². The van der Waals surface area contributed by atoms with Gasteiger partial charge in [0, 0.05) is 26.4 Å². The van der Waals surface area contributed by atoms with Gasteiger partial charge in [-0.3, -0.25) is 0 Å². The van der Waals surface area contributed by atoms with Gasteiger partial charge in [0.2, 0.25) is 0 Å². The molecular weight excluding hydrogens is 1430 g/mol. The predicted octanol–water partition coefficient (Wildman–Crippen LogP) is 31.7. The summed E-state index contributed by atoms with van der Waals surface area (Å²) in [7, 11) is -6.24. The maximum Gasteiger partial charge on any atom is 0.350 e. The second-order valence-corrected chi connectivity index (χ2v) is 37.5. The van der Waals surface area contributed by atoms with E-state index in [1.165, 1.54) is 411 Å². The Morgan fingerprint density at radius 2 is 0.291 bits per heavy atom. The van der Waals surface area contributed by atoms with Crippen LogP contribution in [0.1, 0.15) is 464 Å². The molecule has 0 saturated carbocycles. The van der Waals surface area contributed by atoms with Crippen molar-refractivity contribution in [1.29, 1.82) is 0 Å². The fourth-order valence-corrected chi connectivity index (χ4v) is 20.8. The average Bonchev–Trinajstić information content (AvgIpc) is 0.790. The van der Waals surface area contributed by atoms with E-state index in [0.29, 0.717) is 87.8 Å². The van der Waals surface area contributed by atoms with E-state index in [1.807, 2.05) is 0 Å². The molecule has 110 heavy (non-hydrogen) atoms. The van der Waals surface area contributed by atoms with Crippen molar-refractivity contribution < 1.29 is 56.0 Å². The third-order valence-corrected chi connectivity index (χ3v) is 27.9. The number of unbranched alkanes of at least 4 members (excludes halogenated alkanes) is 64. The molecule has 1 aliphatic heterocycles. The van der Waals surface area contributed by atoms with Gasteiger partial charge in [0.25, 0.3) is 0 Å². The van der Waals surface area contributed by atoms with Crippen LogP contribution in [0.25, 0.3) is 0 Å².